The van der Waals surface area contributed by atoms with Crippen molar-refractivity contribution < 1.29 is 0 Å². The first-order valence-corrected chi connectivity index (χ1v) is 6.27. The van der Waals surface area contributed by atoms with Crippen LogP contribution < -0.4 is 5.32 Å². The molecule has 0 spiro atoms. The first-order chi connectivity index (χ1) is 9.26. The Kier molecular flexibility index (Phi) is 2.88. The van der Waals surface area contributed by atoms with E-state index in [4.69, 9.17) is 0 Å². The molecule has 0 amide bonds. The van der Waals surface area contributed by atoms with E-state index in [1.165, 1.54) is 5.56 Å². The molecule has 0 bridgehead atoms. The van der Waals surface area contributed by atoms with Gasteiger partial charge in [-0.05, 0) is 30.9 Å². The van der Waals surface area contributed by atoms with E-state index in [2.05, 4.69) is 26.5 Å². The summed E-state index contributed by atoms with van der Waals surface area (Å²) in [4.78, 5) is 8.69. The first kappa shape index (κ1) is 11.7. The maximum atomic E-state index is 9.19. The van der Waals surface area contributed by atoms with Crippen LogP contribution in [-0.2, 0) is 26.4 Å². The van der Waals surface area contributed by atoms with Gasteiger partial charge in [-0.2, -0.15) is 10.4 Å². The highest BCUT2D eigenvalue weighted by Gasteiger charge is 2.16. The van der Waals surface area contributed by atoms with E-state index in [0.717, 1.165) is 25.0 Å². The molecule has 1 aliphatic rings. The van der Waals surface area contributed by atoms with E-state index in [0.29, 0.717) is 23.8 Å². The lowest BCUT2D eigenvalue weighted by atomic mass is 10.1. The molecule has 6 nitrogen and oxygen atoms in total. The van der Waals surface area contributed by atoms with Crippen LogP contribution in [0.15, 0.2) is 12.4 Å². The second-order valence-electron chi connectivity index (χ2n) is 4.64. The van der Waals surface area contributed by atoms with Crippen molar-refractivity contribution in [2.45, 2.75) is 25.8 Å². The van der Waals surface area contributed by atoms with Gasteiger partial charge in [0.2, 0.25) is 0 Å². The van der Waals surface area contributed by atoms with Crippen molar-refractivity contribution in [3.05, 3.63) is 35.0 Å². The smallest absolute Gasteiger partial charge is 0.169 e. The third kappa shape index (κ3) is 2.27. The zero-order valence-corrected chi connectivity index (χ0v) is 10.7. The van der Waals surface area contributed by atoms with Crippen LogP contribution in [0.2, 0.25) is 0 Å². The number of pyridine rings is 1. The molecule has 0 aromatic carbocycles. The molecule has 0 aliphatic heterocycles. The predicted octanol–water partition coefficient (Wildman–Crippen LogP) is 1.18. The number of rotatable bonds is 3. The molecule has 0 saturated heterocycles. The van der Waals surface area contributed by atoms with E-state index >= 15 is 0 Å². The average molecular weight is 254 g/mol. The molecule has 0 unspecified atom stereocenters. The zero-order chi connectivity index (χ0) is 13.2. The van der Waals surface area contributed by atoms with Crippen LogP contribution in [0.5, 0.6) is 0 Å². The van der Waals surface area contributed by atoms with Crippen molar-refractivity contribution in [1.82, 2.24) is 19.7 Å². The fourth-order valence-electron chi connectivity index (χ4n) is 2.32. The number of aryl methyl sites for hydroxylation is 3. The third-order valence-corrected chi connectivity index (χ3v) is 3.23. The van der Waals surface area contributed by atoms with Gasteiger partial charge in [-0.3, -0.25) is 4.68 Å². The van der Waals surface area contributed by atoms with Crippen LogP contribution in [-0.4, -0.2) is 19.7 Å². The van der Waals surface area contributed by atoms with Crippen LogP contribution in [0.3, 0.4) is 0 Å². The quantitative estimate of drug-likeness (QED) is 0.889. The van der Waals surface area contributed by atoms with Crippen LogP contribution in [0.1, 0.15) is 29.1 Å². The topological polar surface area (TPSA) is 79.4 Å². The Morgan fingerprint density at radius 3 is 3.11 bits per heavy atom. The van der Waals surface area contributed by atoms with Crippen molar-refractivity contribution in [1.29, 1.82) is 5.26 Å². The van der Waals surface area contributed by atoms with Crippen molar-refractivity contribution in [2.75, 3.05) is 5.32 Å². The second kappa shape index (κ2) is 4.69. The maximum Gasteiger partial charge on any atom is 0.169 e. The highest BCUT2D eigenvalue weighted by Crippen LogP contribution is 2.24. The van der Waals surface area contributed by atoms with Gasteiger partial charge in [0.05, 0.1) is 12.1 Å². The fraction of sp³-hybridized carbons (Fsp3) is 0.385. The molecular weight excluding hydrogens is 240 g/mol. The summed E-state index contributed by atoms with van der Waals surface area (Å²) >= 11 is 0. The van der Waals surface area contributed by atoms with Gasteiger partial charge >= 0.3 is 0 Å². The van der Waals surface area contributed by atoms with Gasteiger partial charge in [-0.15, -0.1) is 0 Å². The van der Waals surface area contributed by atoms with Crippen LogP contribution in [0.25, 0.3) is 0 Å². The average Bonchev–Trinajstić information content (AvgIpc) is 3.03. The third-order valence-electron chi connectivity index (χ3n) is 3.23. The SMILES string of the molecule is Cn1cnc(CNc2nc3c(cc2C#N)CCC3)n1. The zero-order valence-electron chi connectivity index (χ0n) is 10.7. The molecule has 2 heterocycles. The van der Waals surface area contributed by atoms with Gasteiger partial charge in [-0.25, -0.2) is 9.97 Å². The number of hydrogen-bond acceptors (Lipinski definition) is 5. The van der Waals surface area contributed by atoms with Gasteiger partial charge in [0.15, 0.2) is 5.82 Å². The second-order valence-corrected chi connectivity index (χ2v) is 4.64. The molecule has 0 atom stereocenters. The number of nitriles is 1. The van der Waals surface area contributed by atoms with E-state index in [1.54, 1.807) is 11.0 Å². The molecular formula is C13H14N6. The van der Waals surface area contributed by atoms with E-state index in [-0.39, 0.29) is 0 Å². The Labute approximate surface area is 111 Å². The van der Waals surface area contributed by atoms with Gasteiger partial charge in [0.25, 0.3) is 0 Å². The number of anilines is 1. The summed E-state index contributed by atoms with van der Waals surface area (Å²) in [5.41, 5.74) is 2.91. The summed E-state index contributed by atoms with van der Waals surface area (Å²) < 4.78 is 1.65. The first-order valence-electron chi connectivity index (χ1n) is 6.27. The van der Waals surface area contributed by atoms with Gasteiger partial charge in [-0.1, -0.05) is 0 Å². The number of nitrogens with zero attached hydrogens (tertiary/aromatic N) is 5. The maximum absolute atomic E-state index is 9.19. The largest absolute Gasteiger partial charge is 0.362 e. The summed E-state index contributed by atoms with van der Waals surface area (Å²) in [6, 6.07) is 4.14. The minimum Gasteiger partial charge on any atom is -0.362 e. The van der Waals surface area contributed by atoms with Crippen LogP contribution in [0.4, 0.5) is 5.82 Å². The highest BCUT2D eigenvalue weighted by atomic mass is 15.3. The van der Waals surface area contributed by atoms with Gasteiger partial charge in [0.1, 0.15) is 18.2 Å². The Morgan fingerprint density at radius 1 is 1.47 bits per heavy atom. The van der Waals surface area contributed by atoms with E-state index < -0.39 is 0 Å². The lowest BCUT2D eigenvalue weighted by molar-refractivity contribution is 0.747. The Bertz CT molecular complexity index is 652. The normalized spacial score (nSPS) is 13.1. The molecule has 3 rings (SSSR count). The minimum atomic E-state index is 0.474. The summed E-state index contributed by atoms with van der Waals surface area (Å²) in [6.07, 6.45) is 4.80. The van der Waals surface area contributed by atoms with Crippen molar-refractivity contribution >= 4 is 5.82 Å². The highest BCUT2D eigenvalue weighted by molar-refractivity contribution is 5.55. The fourth-order valence-corrected chi connectivity index (χ4v) is 2.32. The minimum absolute atomic E-state index is 0.474. The molecule has 96 valence electrons. The van der Waals surface area contributed by atoms with E-state index in [1.807, 2.05) is 13.1 Å². The Morgan fingerprint density at radius 2 is 2.37 bits per heavy atom. The van der Waals surface area contributed by atoms with E-state index in [9.17, 15) is 5.26 Å². The Balaban J connectivity index is 1.82. The summed E-state index contributed by atoms with van der Waals surface area (Å²) in [6.45, 7) is 0.474. The number of hydrogen-bond donors (Lipinski definition) is 1. The molecule has 19 heavy (non-hydrogen) atoms. The molecule has 0 saturated carbocycles. The Hall–Kier alpha value is -2.42. The molecule has 2 aromatic rings. The lowest BCUT2D eigenvalue weighted by Crippen LogP contribution is -2.07. The van der Waals surface area contributed by atoms with Crippen molar-refractivity contribution in [3.8, 4) is 6.07 Å². The van der Waals surface area contributed by atoms with Gasteiger partial charge in [0, 0.05) is 12.7 Å². The van der Waals surface area contributed by atoms with Crippen molar-refractivity contribution in [2.24, 2.45) is 7.05 Å². The number of aromatic nitrogens is 4. The number of fused-ring (bicyclic) bond motifs is 1. The van der Waals surface area contributed by atoms with Crippen LogP contribution in [0, 0.1) is 11.3 Å². The van der Waals surface area contributed by atoms with Crippen molar-refractivity contribution in [3.63, 3.8) is 0 Å². The summed E-state index contributed by atoms with van der Waals surface area (Å²) in [5, 5.41) is 16.5. The van der Waals surface area contributed by atoms with Crippen LogP contribution >= 0.6 is 0 Å². The molecule has 1 aliphatic carbocycles. The predicted molar refractivity (Wildman–Crippen MR) is 69.3 cm³/mol. The summed E-state index contributed by atoms with van der Waals surface area (Å²) in [7, 11) is 1.82. The lowest BCUT2D eigenvalue weighted by Gasteiger charge is -2.08. The molecule has 1 N–H and O–H groups in total. The number of nitrogens with one attached hydrogen (secondary N) is 1. The molecule has 0 radical (unpaired) electrons. The molecule has 0 fully saturated rings. The molecule has 2 aromatic heterocycles. The summed E-state index contributed by atoms with van der Waals surface area (Å²) in [5.74, 6) is 1.32. The van der Waals surface area contributed by atoms with Gasteiger partial charge < -0.3 is 5.32 Å². The monoisotopic (exact) mass is 254 g/mol. The molecule has 6 heteroatoms. The standard InChI is InChI=1S/C13H14N6/c1-19-8-16-12(18-19)7-15-13-10(6-14)5-9-3-2-4-11(9)17-13/h5,8H,2-4,7H2,1H3,(H,15,17).